The zero-order chi connectivity index (χ0) is 13.2. The summed E-state index contributed by atoms with van der Waals surface area (Å²) in [5, 5.41) is 3.56. The second kappa shape index (κ2) is 5.10. The zero-order valence-electron chi connectivity index (χ0n) is 10.9. The molecule has 0 fully saturated rings. The average molecular weight is 256 g/mol. The van der Waals surface area contributed by atoms with E-state index in [0.29, 0.717) is 6.04 Å². The van der Waals surface area contributed by atoms with Crippen LogP contribution < -0.4 is 5.32 Å². The van der Waals surface area contributed by atoms with Crippen molar-refractivity contribution < 1.29 is 4.39 Å². The van der Waals surface area contributed by atoms with Crippen LogP contribution >= 0.6 is 0 Å². The highest BCUT2D eigenvalue weighted by Gasteiger charge is 2.22. The highest BCUT2D eigenvalue weighted by molar-refractivity contribution is 5.33. The molecular formula is C16H17FN2. The average Bonchev–Trinajstić information content (AvgIpc) is 2.80. The van der Waals surface area contributed by atoms with Gasteiger partial charge in [-0.15, -0.1) is 0 Å². The Kier molecular flexibility index (Phi) is 3.30. The van der Waals surface area contributed by atoms with Gasteiger partial charge in [-0.25, -0.2) is 4.39 Å². The van der Waals surface area contributed by atoms with E-state index in [-0.39, 0.29) is 11.9 Å². The summed E-state index contributed by atoms with van der Waals surface area (Å²) in [4.78, 5) is 3.90. The Labute approximate surface area is 112 Å². The van der Waals surface area contributed by atoms with E-state index < -0.39 is 0 Å². The minimum Gasteiger partial charge on any atom is -0.307 e. The largest absolute Gasteiger partial charge is 0.307 e. The van der Waals surface area contributed by atoms with E-state index in [0.717, 1.165) is 18.4 Å². The van der Waals surface area contributed by atoms with E-state index in [1.807, 2.05) is 0 Å². The SMILES string of the molecule is C[C@H](NC1Cc2ccccc2C1)c1cncc(F)c1. The molecule has 1 atom stereocenters. The van der Waals surface area contributed by atoms with Gasteiger partial charge in [-0.05, 0) is 42.5 Å². The predicted octanol–water partition coefficient (Wildman–Crippen LogP) is 3.04. The fourth-order valence-electron chi connectivity index (χ4n) is 2.79. The molecule has 2 nitrogen and oxygen atoms in total. The van der Waals surface area contributed by atoms with Gasteiger partial charge in [0.25, 0.3) is 0 Å². The van der Waals surface area contributed by atoms with Gasteiger partial charge in [0, 0.05) is 18.3 Å². The Hall–Kier alpha value is -1.74. The Bertz CT molecular complexity index is 557. The predicted molar refractivity (Wildman–Crippen MR) is 73.4 cm³/mol. The van der Waals surface area contributed by atoms with E-state index in [4.69, 9.17) is 0 Å². The molecule has 0 saturated carbocycles. The van der Waals surface area contributed by atoms with E-state index in [1.54, 1.807) is 12.3 Å². The molecule has 1 aromatic carbocycles. The van der Waals surface area contributed by atoms with E-state index in [9.17, 15) is 4.39 Å². The highest BCUT2D eigenvalue weighted by Crippen LogP contribution is 2.24. The van der Waals surface area contributed by atoms with Crippen LogP contribution in [0.15, 0.2) is 42.7 Å². The third-order valence-electron chi connectivity index (χ3n) is 3.76. The second-order valence-electron chi connectivity index (χ2n) is 5.20. The summed E-state index contributed by atoms with van der Waals surface area (Å²) in [6.07, 6.45) is 5.05. The summed E-state index contributed by atoms with van der Waals surface area (Å²) in [7, 11) is 0. The molecule has 1 aliphatic carbocycles. The molecule has 98 valence electrons. The summed E-state index contributed by atoms with van der Waals surface area (Å²) in [6, 6.07) is 10.6. The van der Waals surface area contributed by atoms with Gasteiger partial charge >= 0.3 is 0 Å². The van der Waals surface area contributed by atoms with Crippen LogP contribution in [0.5, 0.6) is 0 Å². The minimum absolute atomic E-state index is 0.113. The van der Waals surface area contributed by atoms with Crippen LogP contribution in [0.4, 0.5) is 4.39 Å². The van der Waals surface area contributed by atoms with Gasteiger partial charge in [0.1, 0.15) is 5.82 Å². The van der Waals surface area contributed by atoms with Crippen molar-refractivity contribution in [1.82, 2.24) is 10.3 Å². The molecule has 1 N–H and O–H groups in total. The Balaban J connectivity index is 1.67. The van der Waals surface area contributed by atoms with Crippen molar-refractivity contribution in [3.63, 3.8) is 0 Å². The first-order chi connectivity index (χ1) is 9.22. The second-order valence-corrected chi connectivity index (χ2v) is 5.20. The van der Waals surface area contributed by atoms with Crippen molar-refractivity contribution in [1.29, 1.82) is 0 Å². The molecule has 1 aliphatic rings. The number of nitrogens with one attached hydrogen (secondary N) is 1. The normalized spacial score (nSPS) is 16.3. The van der Waals surface area contributed by atoms with Crippen molar-refractivity contribution in [2.45, 2.75) is 31.8 Å². The van der Waals surface area contributed by atoms with Crippen LogP contribution in [-0.2, 0) is 12.8 Å². The van der Waals surface area contributed by atoms with Crippen molar-refractivity contribution >= 4 is 0 Å². The van der Waals surface area contributed by atoms with Crippen LogP contribution in [0.25, 0.3) is 0 Å². The first-order valence-corrected chi connectivity index (χ1v) is 6.65. The Morgan fingerprint density at radius 2 is 1.89 bits per heavy atom. The maximum absolute atomic E-state index is 13.2. The lowest BCUT2D eigenvalue weighted by Gasteiger charge is -2.19. The fourth-order valence-corrected chi connectivity index (χ4v) is 2.79. The van der Waals surface area contributed by atoms with Gasteiger partial charge in [-0.2, -0.15) is 0 Å². The number of halogens is 1. The molecular weight excluding hydrogens is 239 g/mol. The molecule has 0 aliphatic heterocycles. The van der Waals surface area contributed by atoms with Gasteiger partial charge < -0.3 is 5.32 Å². The fraction of sp³-hybridized carbons (Fsp3) is 0.312. The summed E-state index contributed by atoms with van der Waals surface area (Å²) >= 11 is 0. The van der Waals surface area contributed by atoms with Gasteiger partial charge in [0.15, 0.2) is 0 Å². The van der Waals surface area contributed by atoms with Crippen LogP contribution in [-0.4, -0.2) is 11.0 Å². The molecule has 2 aromatic rings. The number of fused-ring (bicyclic) bond motifs is 1. The number of rotatable bonds is 3. The summed E-state index contributed by atoms with van der Waals surface area (Å²) in [6.45, 7) is 2.06. The molecule has 3 heteroatoms. The molecule has 0 bridgehead atoms. The highest BCUT2D eigenvalue weighted by atomic mass is 19.1. The molecule has 0 amide bonds. The lowest BCUT2D eigenvalue weighted by Crippen LogP contribution is -2.32. The molecule has 19 heavy (non-hydrogen) atoms. The van der Waals surface area contributed by atoms with E-state index >= 15 is 0 Å². The monoisotopic (exact) mass is 256 g/mol. The Morgan fingerprint density at radius 1 is 1.21 bits per heavy atom. The number of benzene rings is 1. The number of nitrogens with zero attached hydrogens (tertiary/aromatic N) is 1. The first kappa shape index (κ1) is 12.3. The van der Waals surface area contributed by atoms with Gasteiger partial charge in [-0.3, -0.25) is 4.98 Å². The smallest absolute Gasteiger partial charge is 0.141 e. The molecule has 1 heterocycles. The van der Waals surface area contributed by atoms with Crippen LogP contribution in [0.2, 0.25) is 0 Å². The van der Waals surface area contributed by atoms with Gasteiger partial charge in [0.2, 0.25) is 0 Å². The third kappa shape index (κ3) is 2.66. The Morgan fingerprint density at radius 3 is 2.53 bits per heavy atom. The molecule has 3 rings (SSSR count). The van der Waals surface area contributed by atoms with Crippen molar-refractivity contribution in [2.75, 3.05) is 0 Å². The number of hydrogen-bond acceptors (Lipinski definition) is 2. The van der Waals surface area contributed by atoms with E-state index in [1.165, 1.54) is 17.3 Å². The van der Waals surface area contributed by atoms with Crippen molar-refractivity contribution in [3.05, 3.63) is 65.2 Å². The number of pyridine rings is 1. The lowest BCUT2D eigenvalue weighted by atomic mass is 10.1. The maximum atomic E-state index is 13.2. The van der Waals surface area contributed by atoms with E-state index in [2.05, 4.69) is 41.5 Å². The maximum Gasteiger partial charge on any atom is 0.141 e. The first-order valence-electron chi connectivity index (χ1n) is 6.65. The summed E-state index contributed by atoms with van der Waals surface area (Å²) in [5.74, 6) is -0.277. The number of hydrogen-bond donors (Lipinski definition) is 1. The molecule has 0 saturated heterocycles. The standard InChI is InChI=1S/C16H17FN2/c1-11(14-6-15(17)10-18-9-14)19-16-7-12-4-2-3-5-13(12)8-16/h2-6,9-11,16,19H,7-8H2,1H3/t11-/m0/s1. The molecule has 1 aromatic heterocycles. The molecule has 0 spiro atoms. The minimum atomic E-state index is -0.277. The topological polar surface area (TPSA) is 24.9 Å². The zero-order valence-corrected chi connectivity index (χ0v) is 10.9. The molecule has 0 unspecified atom stereocenters. The molecule has 0 radical (unpaired) electrons. The van der Waals surface area contributed by atoms with Crippen LogP contribution in [0, 0.1) is 5.82 Å². The van der Waals surface area contributed by atoms with Gasteiger partial charge in [-0.1, -0.05) is 24.3 Å². The van der Waals surface area contributed by atoms with Gasteiger partial charge in [0.05, 0.1) is 6.20 Å². The van der Waals surface area contributed by atoms with Crippen LogP contribution in [0.1, 0.15) is 29.7 Å². The number of aromatic nitrogens is 1. The van der Waals surface area contributed by atoms with Crippen LogP contribution in [0.3, 0.4) is 0 Å². The summed E-state index contributed by atoms with van der Waals surface area (Å²) in [5.41, 5.74) is 3.74. The van der Waals surface area contributed by atoms with Crippen molar-refractivity contribution in [3.8, 4) is 0 Å². The summed E-state index contributed by atoms with van der Waals surface area (Å²) < 4.78 is 13.2. The quantitative estimate of drug-likeness (QED) is 0.913. The lowest BCUT2D eigenvalue weighted by molar-refractivity contribution is 0.464. The third-order valence-corrected chi connectivity index (χ3v) is 3.76. The van der Waals surface area contributed by atoms with Crippen molar-refractivity contribution in [2.24, 2.45) is 0 Å².